The van der Waals surface area contributed by atoms with Gasteiger partial charge in [0.1, 0.15) is 0 Å². The molecule has 3 rings (SSSR count). The predicted octanol–water partition coefficient (Wildman–Crippen LogP) is 3.94. The Bertz CT molecular complexity index is 318. The topological polar surface area (TPSA) is 63.8 Å². The molecule has 0 aliphatic carbocycles. The lowest BCUT2D eigenvalue weighted by molar-refractivity contribution is -0.00782. The molecule has 3 aliphatic heterocycles. The third kappa shape index (κ3) is 16.5. The van der Waals surface area contributed by atoms with Crippen LogP contribution in [0, 0.1) is 11.8 Å². The van der Waals surface area contributed by atoms with E-state index in [1.54, 1.807) is 0 Å². The van der Waals surface area contributed by atoms with Crippen LogP contribution in [0.5, 0.6) is 0 Å². The molecule has 3 aliphatic rings. The Kier molecular flexibility index (Phi) is 22.3. The van der Waals surface area contributed by atoms with Crippen molar-refractivity contribution in [1.29, 1.82) is 0 Å². The van der Waals surface area contributed by atoms with Crippen LogP contribution >= 0.6 is 0 Å². The second-order valence-electron chi connectivity index (χ2n) is 8.62. The summed E-state index contributed by atoms with van der Waals surface area (Å²) in [6, 6.07) is 0. The Morgan fingerprint density at radius 2 is 1.07 bits per heavy atom. The van der Waals surface area contributed by atoms with Gasteiger partial charge < -0.3 is 30.2 Å². The zero-order valence-corrected chi connectivity index (χ0v) is 18.6. The maximum atomic E-state index is 5.53. The summed E-state index contributed by atoms with van der Waals surface area (Å²) in [5, 5.41) is 9.88. The first kappa shape index (κ1) is 34.4. The first-order valence-electron chi connectivity index (χ1n) is 10.8. The van der Waals surface area contributed by atoms with Crippen LogP contribution < -0.4 is 16.0 Å². The summed E-state index contributed by atoms with van der Waals surface area (Å²) in [7, 11) is 0. The molecule has 3 fully saturated rings. The lowest BCUT2D eigenvalue weighted by Crippen LogP contribution is -2.24. The summed E-state index contributed by atoms with van der Waals surface area (Å²) in [6.45, 7) is 21.9. The standard InChI is InChI=1S/3C7H15NO.3CH4/c1-7(2)3-4-8-5-6-9-7;2*1-6-5-8-3-4-9-7(6)2;;;/h8H,3-6H2,1-2H3;2*6-8H,3-5H2,1-2H3;3*1H4. The van der Waals surface area contributed by atoms with Gasteiger partial charge in [-0.3, -0.25) is 0 Å². The van der Waals surface area contributed by atoms with E-state index in [4.69, 9.17) is 14.2 Å². The van der Waals surface area contributed by atoms with E-state index < -0.39 is 0 Å². The summed E-state index contributed by atoms with van der Waals surface area (Å²) >= 11 is 0. The first-order valence-corrected chi connectivity index (χ1v) is 10.8. The van der Waals surface area contributed by atoms with Crippen molar-refractivity contribution in [1.82, 2.24) is 16.0 Å². The monoisotopic (exact) mass is 435 g/mol. The highest BCUT2D eigenvalue weighted by Gasteiger charge is 2.19. The number of rotatable bonds is 0. The second kappa shape index (κ2) is 19.4. The molecule has 0 aromatic rings. The molecule has 6 heteroatoms. The Morgan fingerprint density at radius 1 is 0.633 bits per heavy atom. The predicted molar refractivity (Wildman–Crippen MR) is 133 cm³/mol. The van der Waals surface area contributed by atoms with Crippen LogP contribution in [0.15, 0.2) is 0 Å². The van der Waals surface area contributed by atoms with Crippen molar-refractivity contribution in [3.8, 4) is 0 Å². The van der Waals surface area contributed by atoms with E-state index in [2.05, 4.69) is 57.5 Å². The van der Waals surface area contributed by atoms with E-state index in [0.717, 1.165) is 65.5 Å². The fourth-order valence-electron chi connectivity index (χ4n) is 2.94. The number of ether oxygens (including phenoxy) is 3. The molecule has 186 valence electrons. The van der Waals surface area contributed by atoms with Gasteiger partial charge in [0.25, 0.3) is 0 Å². The van der Waals surface area contributed by atoms with Crippen LogP contribution in [0.2, 0.25) is 0 Å². The third-order valence-corrected chi connectivity index (χ3v) is 5.53. The molecule has 3 N–H and O–H groups in total. The molecule has 0 radical (unpaired) electrons. The van der Waals surface area contributed by atoms with Gasteiger partial charge in [0.05, 0.1) is 37.6 Å². The summed E-state index contributed by atoms with van der Waals surface area (Å²) in [5.41, 5.74) is 0.101. The van der Waals surface area contributed by atoms with E-state index in [9.17, 15) is 0 Å². The summed E-state index contributed by atoms with van der Waals surface area (Å²) < 4.78 is 16.4. The molecule has 4 atom stereocenters. The van der Waals surface area contributed by atoms with E-state index in [1.165, 1.54) is 0 Å². The molecule has 6 nitrogen and oxygen atoms in total. The maximum Gasteiger partial charge on any atom is 0.0639 e. The van der Waals surface area contributed by atoms with Gasteiger partial charge in [-0.25, -0.2) is 0 Å². The minimum Gasteiger partial charge on any atom is -0.377 e. The molecule has 0 amide bonds. The van der Waals surface area contributed by atoms with E-state index in [0.29, 0.717) is 24.0 Å². The van der Waals surface area contributed by atoms with E-state index in [-0.39, 0.29) is 27.9 Å². The van der Waals surface area contributed by atoms with Gasteiger partial charge in [0.15, 0.2) is 0 Å². The molecule has 0 bridgehead atoms. The highest BCUT2D eigenvalue weighted by molar-refractivity contribution is 4.72. The van der Waals surface area contributed by atoms with Crippen molar-refractivity contribution in [3.63, 3.8) is 0 Å². The molecular formula is C24H57N3O3. The molecule has 30 heavy (non-hydrogen) atoms. The average Bonchev–Trinajstić information content (AvgIpc) is 3.03. The Hall–Kier alpha value is -0.240. The van der Waals surface area contributed by atoms with Crippen LogP contribution in [-0.4, -0.2) is 76.9 Å². The SMILES string of the molecule is C.C.C.CC1(C)CCNCCO1.CC1CNCCOC1C.CC1CNCCOC1C. The first-order chi connectivity index (χ1) is 12.8. The smallest absolute Gasteiger partial charge is 0.0639 e. The van der Waals surface area contributed by atoms with E-state index >= 15 is 0 Å². The lowest BCUT2D eigenvalue weighted by Gasteiger charge is -2.21. The lowest BCUT2D eigenvalue weighted by atomic mass is 10.1. The zero-order valence-electron chi connectivity index (χ0n) is 18.6. The van der Waals surface area contributed by atoms with Crippen molar-refractivity contribution in [3.05, 3.63) is 0 Å². The summed E-state index contributed by atoms with van der Waals surface area (Å²) in [6.07, 6.45) is 1.98. The Morgan fingerprint density at radius 3 is 1.53 bits per heavy atom. The quantitative estimate of drug-likeness (QED) is 0.536. The van der Waals surface area contributed by atoms with Gasteiger partial charge in [0, 0.05) is 32.7 Å². The van der Waals surface area contributed by atoms with Crippen LogP contribution in [0.1, 0.15) is 70.2 Å². The molecule has 4 unspecified atom stereocenters. The van der Waals surface area contributed by atoms with Gasteiger partial charge in [0.2, 0.25) is 0 Å². The van der Waals surface area contributed by atoms with Crippen molar-refractivity contribution < 1.29 is 14.2 Å². The number of hydrogen-bond donors (Lipinski definition) is 3. The van der Waals surface area contributed by atoms with Crippen LogP contribution in [0.25, 0.3) is 0 Å². The molecule has 0 spiro atoms. The van der Waals surface area contributed by atoms with Gasteiger partial charge in [-0.1, -0.05) is 36.1 Å². The largest absolute Gasteiger partial charge is 0.377 e. The Balaban J connectivity index is -0.000000347. The highest BCUT2D eigenvalue weighted by atomic mass is 16.5. The summed E-state index contributed by atoms with van der Waals surface area (Å²) in [4.78, 5) is 0. The van der Waals surface area contributed by atoms with Gasteiger partial charge >= 0.3 is 0 Å². The van der Waals surface area contributed by atoms with Gasteiger partial charge in [-0.05, 0) is 52.5 Å². The molecule has 3 saturated heterocycles. The molecule has 0 aromatic carbocycles. The second-order valence-corrected chi connectivity index (χ2v) is 8.62. The minimum absolute atomic E-state index is 0. The zero-order chi connectivity index (χ0) is 20.1. The third-order valence-electron chi connectivity index (χ3n) is 5.53. The Labute approximate surface area is 189 Å². The average molecular weight is 436 g/mol. The molecule has 0 saturated carbocycles. The van der Waals surface area contributed by atoms with Crippen molar-refractivity contribution in [2.45, 2.75) is 88.1 Å². The fourth-order valence-corrected chi connectivity index (χ4v) is 2.94. The highest BCUT2D eigenvalue weighted by Crippen LogP contribution is 2.14. The van der Waals surface area contributed by atoms with Crippen LogP contribution in [0.3, 0.4) is 0 Å². The normalized spacial score (nSPS) is 31.0. The van der Waals surface area contributed by atoms with Gasteiger partial charge in [-0.15, -0.1) is 0 Å². The van der Waals surface area contributed by atoms with Crippen LogP contribution in [0.4, 0.5) is 0 Å². The molecular weight excluding hydrogens is 378 g/mol. The minimum atomic E-state index is 0. The summed E-state index contributed by atoms with van der Waals surface area (Å²) in [5.74, 6) is 1.32. The van der Waals surface area contributed by atoms with E-state index in [1.807, 2.05) is 0 Å². The molecule has 0 aromatic heterocycles. The number of nitrogens with one attached hydrogen (secondary N) is 3. The fraction of sp³-hybridized carbons (Fsp3) is 1.00. The van der Waals surface area contributed by atoms with Gasteiger partial charge in [-0.2, -0.15) is 0 Å². The van der Waals surface area contributed by atoms with Crippen molar-refractivity contribution in [2.24, 2.45) is 11.8 Å². The van der Waals surface area contributed by atoms with Crippen molar-refractivity contribution in [2.75, 3.05) is 59.1 Å². The molecule has 3 heterocycles. The van der Waals surface area contributed by atoms with Crippen molar-refractivity contribution >= 4 is 0 Å². The maximum absolute atomic E-state index is 5.53. The number of hydrogen-bond acceptors (Lipinski definition) is 6. The van der Waals surface area contributed by atoms with Crippen LogP contribution in [-0.2, 0) is 14.2 Å².